The molecule has 0 saturated carbocycles. The second-order valence-corrected chi connectivity index (χ2v) is 6.01. The van der Waals surface area contributed by atoms with Crippen molar-refractivity contribution >= 4 is 23.0 Å². The van der Waals surface area contributed by atoms with Crippen molar-refractivity contribution in [3.63, 3.8) is 0 Å². The maximum absolute atomic E-state index is 5.48. The predicted octanol–water partition coefficient (Wildman–Crippen LogP) is 3.25. The van der Waals surface area contributed by atoms with Crippen molar-refractivity contribution in [2.75, 3.05) is 38.1 Å². The van der Waals surface area contributed by atoms with Crippen LogP contribution in [0.4, 0.5) is 5.69 Å². The highest BCUT2D eigenvalue weighted by Gasteiger charge is 2.08. The summed E-state index contributed by atoms with van der Waals surface area (Å²) >= 11 is 5.34. The molecule has 0 spiro atoms. The number of hydrogen-bond donors (Lipinski definition) is 2. The van der Waals surface area contributed by atoms with Gasteiger partial charge in [-0.05, 0) is 70.2 Å². The zero-order chi connectivity index (χ0) is 15.6. The summed E-state index contributed by atoms with van der Waals surface area (Å²) in [6, 6.07) is 7.87. The maximum Gasteiger partial charge on any atom is 0.170 e. The first kappa shape index (κ1) is 17.0. The van der Waals surface area contributed by atoms with Gasteiger partial charge < -0.3 is 20.3 Å². The Morgan fingerprint density at radius 3 is 2.86 bits per heavy atom. The summed E-state index contributed by atoms with van der Waals surface area (Å²) in [4.78, 5) is 2.55. The van der Waals surface area contributed by atoms with E-state index in [0.29, 0.717) is 11.7 Å². The molecular formula is C17H27N3OS. The largest absolute Gasteiger partial charge is 0.494 e. The van der Waals surface area contributed by atoms with Crippen molar-refractivity contribution in [3.8, 4) is 5.75 Å². The second-order valence-electron chi connectivity index (χ2n) is 5.60. The fourth-order valence-corrected chi connectivity index (χ4v) is 2.91. The quantitative estimate of drug-likeness (QED) is 0.595. The predicted molar refractivity (Wildman–Crippen MR) is 96.7 cm³/mol. The van der Waals surface area contributed by atoms with Crippen molar-refractivity contribution in [2.45, 2.75) is 32.6 Å². The molecule has 1 saturated heterocycles. The van der Waals surface area contributed by atoms with Crippen molar-refractivity contribution in [3.05, 3.63) is 24.3 Å². The fraction of sp³-hybridized carbons (Fsp3) is 0.588. The standard InChI is InChI=1S/C17H27N3OS/c1-2-21-16-9-6-8-15(14-16)19-17(22)18-10-7-13-20-11-4-3-5-12-20/h6,8-9,14H,2-5,7,10-13H2,1H3,(H2,18,19,22). The minimum atomic E-state index is 0.669. The first-order valence-corrected chi connectivity index (χ1v) is 8.69. The summed E-state index contributed by atoms with van der Waals surface area (Å²) in [6.07, 6.45) is 5.22. The summed E-state index contributed by atoms with van der Waals surface area (Å²) in [5.41, 5.74) is 0.958. The Morgan fingerprint density at radius 1 is 1.27 bits per heavy atom. The van der Waals surface area contributed by atoms with Crippen LogP contribution in [0.15, 0.2) is 24.3 Å². The van der Waals surface area contributed by atoms with Crippen LogP contribution in [0, 0.1) is 0 Å². The first-order valence-electron chi connectivity index (χ1n) is 8.28. The number of thiocarbonyl (C=S) groups is 1. The normalized spacial score (nSPS) is 15.3. The van der Waals surface area contributed by atoms with Gasteiger partial charge in [0.15, 0.2) is 5.11 Å². The van der Waals surface area contributed by atoms with Crippen molar-refractivity contribution in [1.82, 2.24) is 10.2 Å². The average molecular weight is 321 g/mol. The summed E-state index contributed by atoms with van der Waals surface area (Å²) < 4.78 is 5.48. The van der Waals surface area contributed by atoms with E-state index in [1.165, 1.54) is 32.4 Å². The number of nitrogens with zero attached hydrogens (tertiary/aromatic N) is 1. The Kier molecular flexibility index (Phi) is 7.46. The summed E-state index contributed by atoms with van der Waals surface area (Å²) in [5, 5.41) is 7.15. The summed E-state index contributed by atoms with van der Waals surface area (Å²) in [7, 11) is 0. The highest BCUT2D eigenvalue weighted by molar-refractivity contribution is 7.80. The number of benzene rings is 1. The van der Waals surface area contributed by atoms with Gasteiger partial charge in [0, 0.05) is 18.3 Å². The van der Waals surface area contributed by atoms with Gasteiger partial charge in [0.2, 0.25) is 0 Å². The molecule has 5 heteroatoms. The van der Waals surface area contributed by atoms with E-state index in [1.807, 2.05) is 31.2 Å². The third-order valence-electron chi connectivity index (χ3n) is 3.79. The van der Waals surface area contributed by atoms with E-state index in [2.05, 4.69) is 15.5 Å². The Bertz CT molecular complexity index is 461. The lowest BCUT2D eigenvalue weighted by molar-refractivity contribution is 0.227. The van der Waals surface area contributed by atoms with Crippen molar-refractivity contribution in [1.29, 1.82) is 0 Å². The Labute approximate surface area is 139 Å². The number of ether oxygens (including phenoxy) is 1. The molecule has 0 aromatic heterocycles. The molecule has 0 amide bonds. The maximum atomic E-state index is 5.48. The van der Waals surface area contributed by atoms with E-state index >= 15 is 0 Å². The SMILES string of the molecule is CCOc1cccc(NC(=S)NCCCN2CCCCC2)c1. The molecule has 1 aliphatic heterocycles. The van der Waals surface area contributed by atoms with Gasteiger partial charge in [-0.1, -0.05) is 12.5 Å². The summed E-state index contributed by atoms with van der Waals surface area (Å²) in [5.74, 6) is 0.861. The zero-order valence-corrected chi connectivity index (χ0v) is 14.3. The Balaban J connectivity index is 1.63. The van der Waals surface area contributed by atoms with E-state index in [1.54, 1.807) is 0 Å². The monoisotopic (exact) mass is 321 g/mol. The number of anilines is 1. The van der Waals surface area contributed by atoms with Crippen LogP contribution in [-0.4, -0.2) is 42.8 Å². The Hall–Kier alpha value is -1.33. The molecule has 122 valence electrons. The van der Waals surface area contributed by atoms with Gasteiger partial charge in [-0.3, -0.25) is 0 Å². The lowest BCUT2D eigenvalue weighted by atomic mass is 10.1. The van der Waals surface area contributed by atoms with Crippen LogP contribution < -0.4 is 15.4 Å². The van der Waals surface area contributed by atoms with E-state index < -0.39 is 0 Å². The molecule has 2 rings (SSSR count). The van der Waals surface area contributed by atoms with Gasteiger partial charge in [-0.25, -0.2) is 0 Å². The molecule has 0 bridgehead atoms. The van der Waals surface area contributed by atoms with E-state index in [4.69, 9.17) is 17.0 Å². The number of rotatable bonds is 7. The molecule has 4 nitrogen and oxygen atoms in total. The fourth-order valence-electron chi connectivity index (χ4n) is 2.69. The van der Waals surface area contributed by atoms with Crippen LogP contribution in [0.2, 0.25) is 0 Å². The van der Waals surface area contributed by atoms with Crippen LogP contribution >= 0.6 is 12.2 Å². The van der Waals surface area contributed by atoms with E-state index in [0.717, 1.165) is 30.9 Å². The number of nitrogens with one attached hydrogen (secondary N) is 2. The minimum absolute atomic E-state index is 0.669. The third kappa shape index (κ3) is 6.20. The molecule has 0 atom stereocenters. The number of hydrogen-bond acceptors (Lipinski definition) is 3. The lowest BCUT2D eigenvalue weighted by Crippen LogP contribution is -2.34. The smallest absolute Gasteiger partial charge is 0.170 e. The average Bonchev–Trinajstić information content (AvgIpc) is 2.53. The van der Waals surface area contributed by atoms with Gasteiger partial charge in [-0.15, -0.1) is 0 Å². The highest BCUT2D eigenvalue weighted by atomic mass is 32.1. The Morgan fingerprint density at radius 2 is 2.09 bits per heavy atom. The molecule has 0 unspecified atom stereocenters. The molecule has 22 heavy (non-hydrogen) atoms. The van der Waals surface area contributed by atoms with E-state index in [-0.39, 0.29) is 0 Å². The zero-order valence-electron chi connectivity index (χ0n) is 13.4. The van der Waals surface area contributed by atoms with Crippen LogP contribution in [0.5, 0.6) is 5.75 Å². The molecule has 1 aromatic rings. The molecule has 1 fully saturated rings. The molecule has 0 radical (unpaired) electrons. The van der Waals surface area contributed by atoms with Gasteiger partial charge in [0.25, 0.3) is 0 Å². The molecule has 1 aromatic carbocycles. The number of piperidine rings is 1. The van der Waals surface area contributed by atoms with Gasteiger partial charge >= 0.3 is 0 Å². The molecule has 1 heterocycles. The van der Waals surface area contributed by atoms with Crippen LogP contribution in [-0.2, 0) is 0 Å². The molecule has 0 aliphatic carbocycles. The van der Waals surface area contributed by atoms with E-state index in [9.17, 15) is 0 Å². The van der Waals surface area contributed by atoms with Gasteiger partial charge in [-0.2, -0.15) is 0 Å². The third-order valence-corrected chi connectivity index (χ3v) is 4.03. The van der Waals surface area contributed by atoms with Crippen LogP contribution in [0.25, 0.3) is 0 Å². The van der Waals surface area contributed by atoms with Crippen LogP contribution in [0.3, 0.4) is 0 Å². The van der Waals surface area contributed by atoms with Gasteiger partial charge in [0.05, 0.1) is 6.61 Å². The molecule has 2 N–H and O–H groups in total. The van der Waals surface area contributed by atoms with Crippen molar-refractivity contribution in [2.24, 2.45) is 0 Å². The summed E-state index contributed by atoms with van der Waals surface area (Å²) in [6.45, 7) is 7.24. The lowest BCUT2D eigenvalue weighted by Gasteiger charge is -2.26. The topological polar surface area (TPSA) is 36.5 Å². The molecule has 1 aliphatic rings. The van der Waals surface area contributed by atoms with Gasteiger partial charge in [0.1, 0.15) is 5.75 Å². The highest BCUT2D eigenvalue weighted by Crippen LogP contribution is 2.17. The van der Waals surface area contributed by atoms with Crippen LogP contribution in [0.1, 0.15) is 32.6 Å². The first-order chi connectivity index (χ1) is 10.8. The minimum Gasteiger partial charge on any atom is -0.494 e. The second kappa shape index (κ2) is 9.64. The van der Waals surface area contributed by atoms with Crippen molar-refractivity contribution < 1.29 is 4.74 Å². The molecular weight excluding hydrogens is 294 g/mol. The number of likely N-dealkylation sites (tertiary alicyclic amines) is 1.